The third-order valence-electron chi connectivity index (χ3n) is 5.47. The Balaban J connectivity index is 1.71. The van der Waals surface area contributed by atoms with Crippen LogP contribution in [0.3, 0.4) is 0 Å². The van der Waals surface area contributed by atoms with Crippen molar-refractivity contribution in [3.63, 3.8) is 0 Å². The van der Waals surface area contributed by atoms with E-state index in [1.807, 2.05) is 44.2 Å². The van der Waals surface area contributed by atoms with E-state index in [9.17, 15) is 18.0 Å². The first-order chi connectivity index (χ1) is 15.1. The van der Waals surface area contributed by atoms with Gasteiger partial charge in [0.25, 0.3) is 0 Å². The van der Waals surface area contributed by atoms with Crippen LogP contribution in [0.15, 0.2) is 59.5 Å². The van der Waals surface area contributed by atoms with Crippen molar-refractivity contribution >= 4 is 22.0 Å². The fourth-order valence-electron chi connectivity index (χ4n) is 3.89. The largest absolute Gasteiger partial charge is 0.352 e. The Hall–Kier alpha value is -2.91. The topological polar surface area (TPSA) is 122 Å². The van der Waals surface area contributed by atoms with Crippen molar-refractivity contribution in [3.8, 4) is 0 Å². The van der Waals surface area contributed by atoms with Gasteiger partial charge in [0.1, 0.15) is 6.04 Å². The van der Waals surface area contributed by atoms with Crippen LogP contribution in [0.25, 0.3) is 0 Å². The number of nitrogens with two attached hydrogens (primary N) is 1. The van der Waals surface area contributed by atoms with Gasteiger partial charge in [0.15, 0.2) is 0 Å². The van der Waals surface area contributed by atoms with Crippen LogP contribution < -0.4 is 15.8 Å². The van der Waals surface area contributed by atoms with E-state index in [1.165, 1.54) is 12.1 Å². The predicted octanol–water partition coefficient (Wildman–Crippen LogP) is 1.80. The summed E-state index contributed by atoms with van der Waals surface area (Å²) < 4.78 is 22.9. The molecule has 1 fully saturated rings. The molecule has 0 radical (unpaired) electrons. The molecule has 2 unspecified atom stereocenters. The third-order valence-corrected chi connectivity index (χ3v) is 6.40. The highest BCUT2D eigenvalue weighted by molar-refractivity contribution is 7.89. The van der Waals surface area contributed by atoms with Gasteiger partial charge in [-0.25, -0.2) is 18.4 Å². The average Bonchev–Trinajstić information content (AvgIpc) is 3.06. The Morgan fingerprint density at radius 1 is 1.06 bits per heavy atom. The van der Waals surface area contributed by atoms with Crippen molar-refractivity contribution in [1.29, 1.82) is 0 Å². The molecule has 1 aliphatic rings. The highest BCUT2D eigenvalue weighted by Crippen LogP contribution is 2.20. The Morgan fingerprint density at radius 2 is 1.69 bits per heavy atom. The van der Waals surface area contributed by atoms with Crippen molar-refractivity contribution in [2.75, 3.05) is 6.54 Å². The molecule has 172 valence electrons. The first-order valence-electron chi connectivity index (χ1n) is 10.7. The lowest BCUT2D eigenvalue weighted by Gasteiger charge is -2.26. The van der Waals surface area contributed by atoms with Gasteiger partial charge < -0.3 is 15.5 Å². The molecule has 0 bridgehead atoms. The molecule has 8 nitrogen and oxygen atoms in total. The highest BCUT2D eigenvalue weighted by atomic mass is 32.2. The fraction of sp³-hybridized carbons (Fsp3) is 0.391. The standard InChI is InChI=1S/C23H30N4O4S/c1-16(2)25-22(28)21-20(13-10-17-6-4-3-5-7-17)26-23(29)27(21)15-14-18-8-11-19(12-9-18)32(24,30)31/h3-9,11-12,16,20-21H,10,13-15H2,1-2H3,(H,25,28)(H,26,29)(H2,24,30,31). The molecule has 2 aromatic carbocycles. The van der Waals surface area contributed by atoms with Crippen LogP contribution in [-0.2, 0) is 27.7 Å². The Kier molecular flexibility index (Phi) is 7.52. The summed E-state index contributed by atoms with van der Waals surface area (Å²) in [6.07, 6.45) is 1.88. The molecule has 4 N–H and O–H groups in total. The quantitative estimate of drug-likeness (QED) is 0.530. The fourth-order valence-corrected chi connectivity index (χ4v) is 4.41. The molecule has 0 spiro atoms. The summed E-state index contributed by atoms with van der Waals surface area (Å²) in [5.74, 6) is -0.180. The third kappa shape index (κ3) is 6.08. The average molecular weight is 459 g/mol. The van der Waals surface area contributed by atoms with Gasteiger partial charge in [-0.2, -0.15) is 0 Å². The van der Waals surface area contributed by atoms with Gasteiger partial charge in [-0.1, -0.05) is 42.5 Å². The van der Waals surface area contributed by atoms with Gasteiger partial charge >= 0.3 is 6.03 Å². The van der Waals surface area contributed by atoms with Gasteiger partial charge in [-0.05, 0) is 56.4 Å². The lowest BCUT2D eigenvalue weighted by Crippen LogP contribution is -2.51. The minimum Gasteiger partial charge on any atom is -0.352 e. The molecule has 2 aromatic rings. The summed E-state index contributed by atoms with van der Waals surface area (Å²) in [6, 6.07) is 15.0. The zero-order valence-corrected chi connectivity index (χ0v) is 19.1. The molecule has 0 saturated carbocycles. The van der Waals surface area contributed by atoms with Gasteiger partial charge in [-0.15, -0.1) is 0 Å². The maximum atomic E-state index is 13.0. The number of hydrogen-bond acceptors (Lipinski definition) is 4. The predicted molar refractivity (Wildman–Crippen MR) is 122 cm³/mol. The number of carbonyl (C=O) groups excluding carboxylic acids is 2. The second-order valence-electron chi connectivity index (χ2n) is 8.32. The van der Waals surface area contributed by atoms with Crippen molar-refractivity contribution in [1.82, 2.24) is 15.5 Å². The number of rotatable bonds is 9. The monoisotopic (exact) mass is 458 g/mol. The number of sulfonamides is 1. The van der Waals surface area contributed by atoms with Crippen LogP contribution in [-0.4, -0.2) is 49.9 Å². The molecular weight excluding hydrogens is 428 g/mol. The van der Waals surface area contributed by atoms with E-state index < -0.39 is 16.1 Å². The van der Waals surface area contributed by atoms with Crippen molar-refractivity contribution in [2.45, 2.75) is 56.1 Å². The molecule has 0 aromatic heterocycles. The number of urea groups is 1. The lowest BCUT2D eigenvalue weighted by molar-refractivity contribution is -0.125. The number of amides is 3. The normalized spacial score (nSPS) is 18.6. The van der Waals surface area contributed by atoms with Crippen LogP contribution in [0.4, 0.5) is 4.79 Å². The maximum Gasteiger partial charge on any atom is 0.318 e. The number of carbonyl (C=O) groups is 2. The number of aryl methyl sites for hydroxylation is 1. The molecule has 3 rings (SSSR count). The molecule has 32 heavy (non-hydrogen) atoms. The molecule has 2 atom stereocenters. The summed E-state index contributed by atoms with van der Waals surface area (Å²) in [6.45, 7) is 4.11. The Morgan fingerprint density at radius 3 is 2.28 bits per heavy atom. The van der Waals surface area contributed by atoms with E-state index >= 15 is 0 Å². The second-order valence-corrected chi connectivity index (χ2v) is 9.88. The van der Waals surface area contributed by atoms with E-state index in [4.69, 9.17) is 5.14 Å². The van der Waals surface area contributed by atoms with E-state index in [-0.39, 0.29) is 28.9 Å². The minimum absolute atomic E-state index is 0.0373. The number of hydrogen-bond donors (Lipinski definition) is 3. The van der Waals surface area contributed by atoms with Crippen LogP contribution in [0.2, 0.25) is 0 Å². The van der Waals surface area contributed by atoms with Crippen LogP contribution in [0.1, 0.15) is 31.4 Å². The lowest BCUT2D eigenvalue weighted by atomic mass is 9.99. The highest BCUT2D eigenvalue weighted by Gasteiger charge is 2.43. The van der Waals surface area contributed by atoms with Gasteiger partial charge in [0.05, 0.1) is 10.9 Å². The SMILES string of the molecule is CC(C)NC(=O)C1C(CCc2ccccc2)NC(=O)N1CCc1ccc(S(N)(=O)=O)cc1. The minimum atomic E-state index is -3.75. The first kappa shape index (κ1) is 23.7. The molecule has 9 heteroatoms. The molecular formula is C23H30N4O4S. The molecule has 1 saturated heterocycles. The number of benzene rings is 2. The summed E-state index contributed by atoms with van der Waals surface area (Å²) in [5.41, 5.74) is 2.00. The van der Waals surface area contributed by atoms with Gasteiger partial charge in [-0.3, -0.25) is 4.79 Å². The summed E-state index contributed by atoms with van der Waals surface area (Å²) in [5, 5.41) is 11.0. The van der Waals surface area contributed by atoms with Crippen molar-refractivity contribution < 1.29 is 18.0 Å². The van der Waals surface area contributed by atoms with Gasteiger partial charge in [0, 0.05) is 12.6 Å². The first-order valence-corrected chi connectivity index (χ1v) is 12.2. The zero-order chi connectivity index (χ0) is 23.3. The Labute approximate surface area is 189 Å². The molecule has 1 heterocycles. The molecule has 0 aliphatic carbocycles. The van der Waals surface area contributed by atoms with E-state index in [1.54, 1.807) is 17.0 Å². The maximum absolute atomic E-state index is 13.0. The Bertz CT molecular complexity index is 1040. The smallest absolute Gasteiger partial charge is 0.318 e. The van der Waals surface area contributed by atoms with Gasteiger partial charge in [0.2, 0.25) is 15.9 Å². The number of primary sulfonamides is 1. The number of nitrogens with one attached hydrogen (secondary N) is 2. The van der Waals surface area contributed by atoms with Crippen LogP contribution in [0, 0.1) is 0 Å². The second kappa shape index (κ2) is 10.1. The summed E-state index contributed by atoms with van der Waals surface area (Å²) in [4.78, 5) is 27.3. The van der Waals surface area contributed by atoms with E-state index in [0.29, 0.717) is 19.4 Å². The van der Waals surface area contributed by atoms with Crippen LogP contribution >= 0.6 is 0 Å². The molecule has 1 aliphatic heterocycles. The number of nitrogens with zero attached hydrogens (tertiary/aromatic N) is 1. The van der Waals surface area contributed by atoms with Crippen LogP contribution in [0.5, 0.6) is 0 Å². The zero-order valence-electron chi connectivity index (χ0n) is 18.3. The summed E-state index contributed by atoms with van der Waals surface area (Å²) >= 11 is 0. The summed E-state index contributed by atoms with van der Waals surface area (Å²) in [7, 11) is -3.75. The van der Waals surface area contributed by atoms with E-state index in [0.717, 1.165) is 17.5 Å². The van der Waals surface area contributed by atoms with Crippen molar-refractivity contribution in [2.24, 2.45) is 5.14 Å². The van der Waals surface area contributed by atoms with Crippen molar-refractivity contribution in [3.05, 3.63) is 65.7 Å². The van der Waals surface area contributed by atoms with E-state index in [2.05, 4.69) is 10.6 Å². The molecule has 3 amide bonds.